The molecule has 0 aliphatic carbocycles. The first-order chi connectivity index (χ1) is 26.3. The van der Waals surface area contributed by atoms with Crippen molar-refractivity contribution in [3.8, 4) is 5.75 Å². The fourth-order valence-electron chi connectivity index (χ4n) is 7.06. The number of carbonyl (C=O) groups is 1. The van der Waals surface area contributed by atoms with Gasteiger partial charge in [0.1, 0.15) is 17.1 Å². The van der Waals surface area contributed by atoms with Crippen LogP contribution in [0.5, 0.6) is 5.75 Å². The number of hydrogen-bond acceptors (Lipinski definition) is 7. The highest BCUT2D eigenvalue weighted by Gasteiger charge is 2.40. The molecule has 1 aliphatic rings. The van der Waals surface area contributed by atoms with Crippen LogP contribution in [-0.4, -0.2) is 47.4 Å². The number of rotatable bonds is 25. The number of anilines is 2. The van der Waals surface area contributed by atoms with Crippen molar-refractivity contribution in [3.05, 3.63) is 77.9 Å². The lowest BCUT2D eigenvalue weighted by Gasteiger charge is -2.22. The van der Waals surface area contributed by atoms with Crippen LogP contribution in [0.15, 0.2) is 81.6 Å². The Hall–Kier alpha value is -4.10. The summed E-state index contributed by atoms with van der Waals surface area (Å²) in [5, 5.41) is 14.1. The summed E-state index contributed by atoms with van der Waals surface area (Å²) in [5.74, 6) is -0.729. The highest BCUT2D eigenvalue weighted by atomic mass is 32.2. The van der Waals surface area contributed by atoms with E-state index in [9.17, 15) is 26.7 Å². The lowest BCUT2D eigenvalue weighted by atomic mass is 9.86. The molecule has 0 atom stereocenters. The van der Waals surface area contributed by atoms with E-state index in [1.54, 1.807) is 0 Å². The van der Waals surface area contributed by atoms with Crippen LogP contribution in [-0.2, 0) is 25.5 Å². The number of hydrogen-bond donors (Lipinski definition) is 3. The van der Waals surface area contributed by atoms with Crippen molar-refractivity contribution in [1.29, 1.82) is 0 Å². The average Bonchev–Trinajstić information content (AvgIpc) is 3.35. The van der Waals surface area contributed by atoms with E-state index in [4.69, 9.17) is 4.74 Å². The third kappa shape index (κ3) is 12.4. The molecule has 1 aliphatic heterocycles. The van der Waals surface area contributed by atoms with Crippen LogP contribution < -0.4 is 19.2 Å². The van der Waals surface area contributed by atoms with E-state index in [0.717, 1.165) is 36.6 Å². The first-order valence-corrected chi connectivity index (χ1v) is 22.8. The minimum Gasteiger partial charge on any atom is -0.493 e. The molecule has 11 nitrogen and oxygen atoms in total. The Labute approximate surface area is 329 Å². The van der Waals surface area contributed by atoms with Crippen LogP contribution in [0.4, 0.5) is 11.4 Å². The number of unbranched alkanes of at least 4 members (excludes halogenated alkanes) is 15. The number of sulfonamides is 2. The van der Waals surface area contributed by atoms with Gasteiger partial charge in [-0.15, -0.1) is 0 Å². The number of carboxylic acids is 1. The summed E-state index contributed by atoms with van der Waals surface area (Å²) in [6.45, 7) is 6.48. The molecule has 302 valence electrons. The quantitative estimate of drug-likeness (QED) is 0.0566. The lowest BCUT2D eigenvalue weighted by Crippen LogP contribution is -2.36. The number of amidine groups is 1. The summed E-state index contributed by atoms with van der Waals surface area (Å²) in [5.41, 5.74) is 1.06. The first-order valence-electron chi connectivity index (χ1n) is 19.8. The monoisotopic (exact) mass is 796 g/mol. The van der Waals surface area contributed by atoms with E-state index in [1.807, 2.05) is 50.1 Å². The fourth-order valence-corrected chi connectivity index (χ4v) is 8.99. The van der Waals surface area contributed by atoms with Crippen LogP contribution in [0.25, 0.3) is 0 Å². The summed E-state index contributed by atoms with van der Waals surface area (Å²) in [4.78, 5) is 15.7. The Morgan fingerprint density at radius 2 is 1.29 bits per heavy atom. The molecule has 0 bridgehead atoms. The molecule has 0 amide bonds. The highest BCUT2D eigenvalue weighted by Crippen LogP contribution is 2.41. The number of likely N-dealkylation sites (N-methyl/N-ethyl adjacent to an activating group) is 1. The van der Waals surface area contributed by atoms with E-state index < -0.39 is 31.4 Å². The molecule has 0 aromatic heterocycles. The second-order valence-electron chi connectivity index (χ2n) is 15.0. The number of benzene rings is 3. The second-order valence-corrected chi connectivity index (χ2v) is 18.3. The van der Waals surface area contributed by atoms with Gasteiger partial charge in [-0.3, -0.25) is 4.72 Å². The van der Waals surface area contributed by atoms with Crippen molar-refractivity contribution in [2.24, 2.45) is 5.10 Å². The molecule has 0 saturated carbocycles. The normalized spacial score (nSPS) is 14.5. The number of aromatic carboxylic acids is 1. The van der Waals surface area contributed by atoms with Gasteiger partial charge in [0, 0.05) is 12.7 Å². The number of nitrogens with one attached hydrogen (secondary N) is 2. The van der Waals surface area contributed by atoms with Crippen molar-refractivity contribution in [2.75, 3.05) is 23.3 Å². The van der Waals surface area contributed by atoms with Crippen molar-refractivity contribution in [3.63, 3.8) is 0 Å². The Kier molecular flexibility index (Phi) is 16.4. The standard InChI is InChI=1S/C42H60N4O7S2/c1-5-6-7-8-9-10-11-12-13-14-15-16-17-18-19-22-30-53-39-29-28-35(32-36(39)40(47)48)54(49,50)44-33-24-23-25-34(31-33)55(51,52)45-43-41-42(2,3)37-26-20-21-27-38(37)46(41)4/h20-21,23-29,31-32,44-45H,5-19,22,30H2,1-4H3,(H,47,48)/b43-41+. The summed E-state index contributed by atoms with van der Waals surface area (Å²) >= 11 is 0. The van der Waals surface area contributed by atoms with Crippen molar-refractivity contribution < 1.29 is 31.5 Å². The number of fused-ring (bicyclic) bond motifs is 1. The first kappa shape index (κ1) is 43.6. The van der Waals surface area contributed by atoms with Crippen LogP contribution >= 0.6 is 0 Å². The van der Waals surface area contributed by atoms with Crippen LogP contribution in [0.3, 0.4) is 0 Å². The molecule has 3 aromatic rings. The van der Waals surface area contributed by atoms with Crippen LogP contribution in [0.1, 0.15) is 139 Å². The SMILES string of the molecule is CCCCCCCCCCCCCCCCCCOc1ccc(S(=O)(=O)Nc2cccc(S(=O)(=O)N/N=C3/N(C)c4ccccc4C3(C)C)c2)cc1C(=O)O. The molecule has 13 heteroatoms. The molecule has 0 radical (unpaired) electrons. The summed E-state index contributed by atoms with van der Waals surface area (Å²) < 4.78 is 61.4. The maximum Gasteiger partial charge on any atom is 0.339 e. The van der Waals surface area contributed by atoms with Gasteiger partial charge in [0.25, 0.3) is 20.0 Å². The zero-order chi connectivity index (χ0) is 39.9. The maximum absolute atomic E-state index is 13.4. The van der Waals surface area contributed by atoms with E-state index in [0.29, 0.717) is 12.4 Å². The van der Waals surface area contributed by atoms with Crippen LogP contribution in [0, 0.1) is 0 Å². The molecule has 1 heterocycles. The van der Waals surface area contributed by atoms with Gasteiger partial charge in [-0.05, 0) is 68.3 Å². The van der Waals surface area contributed by atoms with Crippen LogP contribution in [0.2, 0.25) is 0 Å². The largest absolute Gasteiger partial charge is 0.493 e. The predicted molar refractivity (Wildman–Crippen MR) is 221 cm³/mol. The van der Waals surface area contributed by atoms with E-state index >= 15 is 0 Å². The van der Waals surface area contributed by atoms with Gasteiger partial charge < -0.3 is 14.7 Å². The van der Waals surface area contributed by atoms with Gasteiger partial charge in [-0.1, -0.05) is 128 Å². The Morgan fingerprint density at radius 3 is 1.87 bits per heavy atom. The fraction of sp³-hybridized carbons (Fsp3) is 0.524. The van der Waals surface area contributed by atoms with E-state index in [1.165, 1.54) is 120 Å². The number of ether oxygens (including phenoxy) is 1. The third-order valence-corrected chi connectivity index (χ3v) is 12.8. The second kappa shape index (κ2) is 20.7. The predicted octanol–water partition coefficient (Wildman–Crippen LogP) is 9.85. The molecule has 55 heavy (non-hydrogen) atoms. The minimum absolute atomic E-state index is 0.0260. The van der Waals surface area contributed by atoms with E-state index in [-0.39, 0.29) is 26.8 Å². The zero-order valence-corrected chi connectivity index (χ0v) is 34.6. The minimum atomic E-state index is -4.30. The number of carboxylic acid groups (broad SMARTS) is 1. The van der Waals surface area contributed by atoms with Crippen molar-refractivity contribution in [2.45, 2.75) is 139 Å². The van der Waals surface area contributed by atoms with Crippen molar-refractivity contribution >= 4 is 43.2 Å². The Bertz CT molecular complexity index is 1960. The van der Waals surface area contributed by atoms with Gasteiger partial charge in [-0.2, -0.15) is 18.4 Å². The number of nitrogens with zero attached hydrogens (tertiary/aromatic N) is 2. The third-order valence-electron chi connectivity index (χ3n) is 10.2. The molecule has 0 spiro atoms. The molecule has 0 saturated heterocycles. The molecule has 3 N–H and O–H groups in total. The molecular weight excluding hydrogens is 737 g/mol. The molecule has 0 unspecified atom stereocenters. The van der Waals surface area contributed by atoms with Gasteiger partial charge in [0.15, 0.2) is 0 Å². The van der Waals surface area contributed by atoms with Gasteiger partial charge in [0.05, 0.1) is 27.5 Å². The van der Waals surface area contributed by atoms with Crippen molar-refractivity contribution in [1.82, 2.24) is 4.83 Å². The highest BCUT2D eigenvalue weighted by molar-refractivity contribution is 7.92. The molecular formula is C42H60N4O7S2. The zero-order valence-electron chi connectivity index (χ0n) is 33.0. The van der Waals surface area contributed by atoms with Gasteiger partial charge in [-0.25, -0.2) is 13.2 Å². The topological polar surface area (TPSA) is 154 Å². The number of para-hydroxylation sites is 1. The Morgan fingerprint density at radius 1 is 0.727 bits per heavy atom. The molecule has 4 rings (SSSR count). The number of hydrazone groups is 1. The molecule has 3 aromatic carbocycles. The maximum atomic E-state index is 13.4. The lowest BCUT2D eigenvalue weighted by molar-refractivity contribution is 0.0691. The van der Waals surface area contributed by atoms with E-state index in [2.05, 4.69) is 21.6 Å². The Balaban J connectivity index is 1.23. The molecule has 0 fully saturated rings. The average molecular weight is 797 g/mol. The summed E-state index contributed by atoms with van der Waals surface area (Å²) in [6, 6.07) is 16.7. The smallest absolute Gasteiger partial charge is 0.339 e. The van der Waals surface area contributed by atoms with Gasteiger partial charge >= 0.3 is 5.97 Å². The summed E-state index contributed by atoms with van der Waals surface area (Å²) in [6.07, 6.45) is 20.0. The van der Waals surface area contributed by atoms with Gasteiger partial charge in [0.2, 0.25) is 0 Å². The summed E-state index contributed by atoms with van der Waals surface area (Å²) in [7, 11) is -6.68.